The quantitative estimate of drug-likeness (QED) is 0.603. The second-order valence-electron chi connectivity index (χ2n) is 8.08. The molecular weight excluding hydrogens is 414 g/mol. The Kier molecular flexibility index (Phi) is 5.69. The van der Waals surface area contributed by atoms with Crippen LogP contribution in [0.4, 0.5) is 0 Å². The largest absolute Gasteiger partial charge is 0.492 e. The van der Waals surface area contributed by atoms with Gasteiger partial charge in [0.05, 0.1) is 0 Å². The Bertz CT molecular complexity index is 1010. The second-order valence-corrected chi connectivity index (χ2v) is 9.02. The van der Waals surface area contributed by atoms with E-state index >= 15 is 0 Å². The smallest absolute Gasteiger partial charge is 0.282 e. The van der Waals surface area contributed by atoms with Crippen LogP contribution < -0.4 is 14.8 Å². The van der Waals surface area contributed by atoms with Crippen LogP contribution in [0.15, 0.2) is 36.7 Å². The first kappa shape index (κ1) is 20.1. The summed E-state index contributed by atoms with van der Waals surface area (Å²) in [5, 5.41) is 3.62. The van der Waals surface area contributed by atoms with Gasteiger partial charge in [-0.1, -0.05) is 11.3 Å². The molecule has 0 spiro atoms. The van der Waals surface area contributed by atoms with Crippen LogP contribution in [0.1, 0.15) is 32.6 Å². The third-order valence-corrected chi connectivity index (χ3v) is 6.80. The van der Waals surface area contributed by atoms with E-state index in [2.05, 4.69) is 25.2 Å². The number of hydrogen-bond acceptors (Lipinski definition) is 8. The molecule has 2 saturated heterocycles. The van der Waals surface area contributed by atoms with Crippen molar-refractivity contribution >= 4 is 27.7 Å². The molecule has 4 heterocycles. The van der Waals surface area contributed by atoms with Gasteiger partial charge in [-0.15, -0.1) is 0 Å². The lowest BCUT2D eigenvalue weighted by atomic mass is 9.97. The van der Waals surface area contributed by atoms with Crippen molar-refractivity contribution in [2.75, 3.05) is 13.2 Å². The molecule has 2 aromatic heterocycles. The fraction of sp³-hybridized carbons (Fsp3) is 0.455. The van der Waals surface area contributed by atoms with Gasteiger partial charge in [0.15, 0.2) is 10.5 Å². The van der Waals surface area contributed by atoms with E-state index < -0.39 is 0 Å². The third-order valence-electron chi connectivity index (χ3n) is 5.97. The number of amides is 1. The summed E-state index contributed by atoms with van der Waals surface area (Å²) >= 11 is 1.37. The van der Waals surface area contributed by atoms with Gasteiger partial charge in [-0.2, -0.15) is 4.98 Å². The summed E-state index contributed by atoms with van der Waals surface area (Å²) in [5.74, 6) is 1.59. The summed E-state index contributed by atoms with van der Waals surface area (Å²) in [6, 6.07) is 9.01. The number of ether oxygens (including phenoxy) is 2. The predicted octanol–water partition coefficient (Wildman–Crippen LogP) is 3.39. The molecule has 2 aliphatic rings. The lowest BCUT2D eigenvalue weighted by Gasteiger charge is -2.39. The number of fused-ring (bicyclic) bond motifs is 3. The summed E-state index contributed by atoms with van der Waals surface area (Å²) < 4.78 is 11.8. The Balaban J connectivity index is 1.11. The second kappa shape index (κ2) is 8.76. The minimum Gasteiger partial charge on any atom is -0.492 e. The van der Waals surface area contributed by atoms with Crippen LogP contribution in [-0.4, -0.2) is 57.0 Å². The van der Waals surface area contributed by atoms with Gasteiger partial charge in [0.1, 0.15) is 18.1 Å². The zero-order valence-corrected chi connectivity index (χ0v) is 18.2. The van der Waals surface area contributed by atoms with Crippen LogP contribution in [0.5, 0.6) is 16.7 Å². The normalized spacial score (nSPS) is 23.1. The van der Waals surface area contributed by atoms with Crippen molar-refractivity contribution < 1.29 is 14.3 Å². The summed E-state index contributed by atoms with van der Waals surface area (Å²) in [6.45, 7) is 3.16. The molecule has 2 bridgehead atoms. The van der Waals surface area contributed by atoms with E-state index in [4.69, 9.17) is 9.47 Å². The summed E-state index contributed by atoms with van der Waals surface area (Å²) in [7, 11) is 0. The Morgan fingerprint density at radius 3 is 2.55 bits per heavy atom. The zero-order chi connectivity index (χ0) is 21.2. The van der Waals surface area contributed by atoms with E-state index in [0.717, 1.165) is 30.0 Å². The van der Waals surface area contributed by atoms with Crippen molar-refractivity contribution in [3.05, 3.63) is 36.7 Å². The number of piperidine rings is 1. The number of thiazole rings is 1. The monoisotopic (exact) mass is 439 g/mol. The van der Waals surface area contributed by atoms with Crippen LogP contribution in [0.3, 0.4) is 0 Å². The maximum atomic E-state index is 11.4. The van der Waals surface area contributed by atoms with Gasteiger partial charge in [-0.3, -0.25) is 9.69 Å². The number of hydrogen-bond donors (Lipinski definition) is 1. The topological polar surface area (TPSA) is 89.5 Å². The molecule has 3 atom stereocenters. The Labute approximate surface area is 184 Å². The van der Waals surface area contributed by atoms with Crippen LogP contribution in [0, 0.1) is 0 Å². The molecule has 1 amide bonds. The van der Waals surface area contributed by atoms with Crippen LogP contribution >= 0.6 is 11.3 Å². The molecular formula is C22H25N5O3S. The summed E-state index contributed by atoms with van der Waals surface area (Å²) in [5.41, 5.74) is 0.595. The van der Waals surface area contributed by atoms with Gasteiger partial charge < -0.3 is 14.8 Å². The van der Waals surface area contributed by atoms with E-state index in [1.54, 1.807) is 19.3 Å². The summed E-state index contributed by atoms with van der Waals surface area (Å²) in [4.78, 5) is 27.4. The lowest BCUT2D eigenvalue weighted by Crippen LogP contribution is -2.51. The van der Waals surface area contributed by atoms with Crippen molar-refractivity contribution in [2.24, 2.45) is 0 Å². The third kappa shape index (κ3) is 4.62. The number of aromatic nitrogens is 3. The van der Waals surface area contributed by atoms with E-state index in [1.807, 2.05) is 24.3 Å². The highest BCUT2D eigenvalue weighted by molar-refractivity contribution is 7.19. The molecule has 8 nitrogen and oxygen atoms in total. The van der Waals surface area contributed by atoms with Gasteiger partial charge in [0, 0.05) is 44.0 Å². The Morgan fingerprint density at radius 2 is 1.84 bits per heavy atom. The minimum absolute atomic E-state index is 0.0741. The first-order valence-electron chi connectivity index (χ1n) is 10.6. The van der Waals surface area contributed by atoms with Crippen molar-refractivity contribution in [1.82, 2.24) is 25.2 Å². The number of carbonyl (C=O) groups is 1. The fourth-order valence-corrected chi connectivity index (χ4v) is 5.46. The van der Waals surface area contributed by atoms with Crippen molar-refractivity contribution in [1.29, 1.82) is 0 Å². The number of nitrogens with one attached hydrogen (secondary N) is 1. The zero-order valence-electron chi connectivity index (χ0n) is 17.4. The molecule has 2 fully saturated rings. The average molecular weight is 440 g/mol. The van der Waals surface area contributed by atoms with E-state index in [9.17, 15) is 4.79 Å². The molecule has 1 N–H and O–H groups in total. The minimum atomic E-state index is 0.0741. The first-order valence-corrected chi connectivity index (χ1v) is 11.5. The molecule has 9 heteroatoms. The van der Waals surface area contributed by atoms with Crippen LogP contribution in [0.25, 0.3) is 10.5 Å². The van der Waals surface area contributed by atoms with Crippen LogP contribution in [0.2, 0.25) is 0 Å². The number of rotatable bonds is 7. The molecule has 0 radical (unpaired) electrons. The maximum absolute atomic E-state index is 11.4. The number of nitrogens with zero attached hydrogens (tertiary/aromatic N) is 4. The van der Waals surface area contributed by atoms with Gasteiger partial charge in [0.2, 0.25) is 5.91 Å². The van der Waals surface area contributed by atoms with Gasteiger partial charge >= 0.3 is 0 Å². The number of benzene rings is 1. The van der Waals surface area contributed by atoms with Crippen molar-refractivity contribution in [3.63, 3.8) is 0 Å². The van der Waals surface area contributed by atoms with Crippen molar-refractivity contribution in [3.8, 4) is 16.7 Å². The average Bonchev–Trinajstić information content (AvgIpc) is 3.26. The summed E-state index contributed by atoms with van der Waals surface area (Å²) in [6.07, 6.45) is 7.77. The predicted molar refractivity (Wildman–Crippen MR) is 118 cm³/mol. The molecule has 162 valence electrons. The molecule has 2 aliphatic heterocycles. The Morgan fingerprint density at radius 1 is 1.13 bits per heavy atom. The fourth-order valence-electron chi connectivity index (χ4n) is 4.72. The van der Waals surface area contributed by atoms with E-state index in [-0.39, 0.29) is 5.91 Å². The standard InChI is InChI=1S/C22H25N5O3S/c1-14(28)25-15-12-16-2-3-17(13-15)27(16)10-11-29-18-4-6-19(7-5-18)30-22-26-20-21(31-22)24-9-8-23-20/h4-9,15-17H,2-3,10-13H2,1H3,(H,25,28)/t15?,16-,17+. The van der Waals surface area contributed by atoms with Gasteiger partial charge in [0.25, 0.3) is 5.19 Å². The van der Waals surface area contributed by atoms with Crippen LogP contribution in [-0.2, 0) is 4.79 Å². The van der Waals surface area contributed by atoms with Gasteiger partial charge in [-0.25, -0.2) is 9.97 Å². The SMILES string of the molecule is CC(=O)NC1C[C@H]2CC[C@@H](C1)N2CCOc1ccc(Oc2nc3nccnc3s2)cc1. The van der Waals surface area contributed by atoms with Gasteiger partial charge in [-0.05, 0) is 49.9 Å². The molecule has 31 heavy (non-hydrogen) atoms. The molecule has 0 aliphatic carbocycles. The molecule has 0 saturated carbocycles. The number of carbonyl (C=O) groups excluding carboxylic acids is 1. The highest BCUT2D eigenvalue weighted by Crippen LogP contribution is 2.35. The maximum Gasteiger partial charge on any atom is 0.282 e. The highest BCUT2D eigenvalue weighted by atomic mass is 32.1. The molecule has 3 aromatic rings. The molecule has 1 aromatic carbocycles. The first-order chi connectivity index (χ1) is 15.1. The Hall–Kier alpha value is -2.78. The van der Waals surface area contributed by atoms with E-state index in [0.29, 0.717) is 41.3 Å². The molecule has 1 unspecified atom stereocenters. The lowest BCUT2D eigenvalue weighted by molar-refractivity contribution is -0.120. The van der Waals surface area contributed by atoms with Crippen molar-refractivity contribution in [2.45, 2.75) is 50.7 Å². The van der Waals surface area contributed by atoms with E-state index in [1.165, 1.54) is 24.2 Å². The molecule has 5 rings (SSSR count). The highest BCUT2D eigenvalue weighted by Gasteiger charge is 2.40.